The molecule has 0 aliphatic carbocycles. The minimum atomic E-state index is -1.84. The third-order valence-corrected chi connectivity index (χ3v) is 12.4. The van der Waals surface area contributed by atoms with Gasteiger partial charge in [0, 0.05) is 11.6 Å². The average molecular weight is 652 g/mol. The van der Waals surface area contributed by atoms with Crippen LogP contribution in [0.3, 0.4) is 0 Å². The molecule has 0 amide bonds. The molecule has 0 radical (unpaired) electrons. The fourth-order valence-corrected chi connectivity index (χ4v) is 10.1. The van der Waals surface area contributed by atoms with Gasteiger partial charge in [-0.1, -0.05) is 78.9 Å². The van der Waals surface area contributed by atoms with Gasteiger partial charge in [-0.15, -0.1) is 0 Å². The first-order valence-electron chi connectivity index (χ1n) is 14.2. The summed E-state index contributed by atoms with van der Waals surface area (Å²) in [6.45, 7) is 0. The topological polar surface area (TPSA) is 70.7 Å². The van der Waals surface area contributed by atoms with E-state index in [0.29, 0.717) is 5.76 Å². The summed E-state index contributed by atoms with van der Waals surface area (Å²) in [7, 11) is -1.84. The SMILES string of the molecule is O=c1cc(-c2ccc(CCCC[P+](c3ccccc3)(c3ccccc3)c3ccccc3)cc2)oc2c(O)c(O)ccc12.[Br-]. The number of phenols is 2. The van der Waals surface area contributed by atoms with E-state index in [-0.39, 0.29) is 39.1 Å². The molecule has 0 fully saturated rings. The van der Waals surface area contributed by atoms with Crippen LogP contribution in [-0.4, -0.2) is 16.4 Å². The van der Waals surface area contributed by atoms with Crippen LogP contribution in [0.5, 0.6) is 11.5 Å². The minimum Gasteiger partial charge on any atom is -1.00 e. The Balaban J connectivity index is 0.00000368. The highest BCUT2D eigenvalue weighted by Gasteiger charge is 2.44. The maximum absolute atomic E-state index is 12.6. The third kappa shape index (κ3) is 6.15. The van der Waals surface area contributed by atoms with Crippen LogP contribution in [0.15, 0.2) is 143 Å². The van der Waals surface area contributed by atoms with Crippen LogP contribution in [0.25, 0.3) is 22.3 Å². The molecule has 0 aliphatic rings. The first-order chi connectivity index (χ1) is 20.6. The Kier molecular flexibility index (Phi) is 9.45. The molecule has 43 heavy (non-hydrogen) atoms. The minimum absolute atomic E-state index is 0. The molecule has 216 valence electrons. The van der Waals surface area contributed by atoms with Crippen molar-refractivity contribution < 1.29 is 31.6 Å². The van der Waals surface area contributed by atoms with Gasteiger partial charge in [-0.25, -0.2) is 0 Å². The number of hydrogen-bond acceptors (Lipinski definition) is 4. The van der Waals surface area contributed by atoms with Crippen molar-refractivity contribution in [3.8, 4) is 22.8 Å². The van der Waals surface area contributed by atoms with Gasteiger partial charge in [0.15, 0.2) is 16.8 Å². The molecule has 6 heteroatoms. The van der Waals surface area contributed by atoms with Gasteiger partial charge >= 0.3 is 0 Å². The number of unbranched alkanes of at least 4 members (excludes halogenated alkanes) is 1. The van der Waals surface area contributed by atoms with E-state index in [1.54, 1.807) is 0 Å². The summed E-state index contributed by atoms with van der Waals surface area (Å²) < 4.78 is 5.84. The van der Waals surface area contributed by atoms with Gasteiger partial charge in [0.2, 0.25) is 5.75 Å². The van der Waals surface area contributed by atoms with Crippen molar-refractivity contribution in [2.24, 2.45) is 0 Å². The summed E-state index contributed by atoms with van der Waals surface area (Å²) >= 11 is 0. The molecule has 0 bridgehead atoms. The maximum atomic E-state index is 12.6. The second-order valence-corrected chi connectivity index (χ2v) is 14.1. The molecule has 0 unspecified atom stereocenters. The predicted molar refractivity (Wildman–Crippen MR) is 174 cm³/mol. The van der Waals surface area contributed by atoms with E-state index in [1.807, 2.05) is 12.1 Å². The Bertz CT molecular complexity index is 1760. The van der Waals surface area contributed by atoms with E-state index in [0.717, 1.165) is 31.0 Å². The number of aryl methyl sites for hydroxylation is 1. The predicted octanol–water partition coefficient (Wildman–Crippen LogP) is 4.19. The first kappa shape index (κ1) is 30.3. The summed E-state index contributed by atoms with van der Waals surface area (Å²) in [6.07, 6.45) is 4.15. The van der Waals surface area contributed by atoms with Crippen molar-refractivity contribution in [2.75, 3.05) is 6.16 Å². The third-order valence-electron chi connectivity index (χ3n) is 7.89. The molecule has 4 nitrogen and oxygen atoms in total. The number of hydrogen-bond donors (Lipinski definition) is 2. The average Bonchev–Trinajstić information content (AvgIpc) is 3.05. The fraction of sp³-hybridized carbons (Fsp3) is 0.108. The van der Waals surface area contributed by atoms with Crippen molar-refractivity contribution in [1.82, 2.24) is 0 Å². The lowest BCUT2D eigenvalue weighted by Gasteiger charge is -2.27. The van der Waals surface area contributed by atoms with Gasteiger partial charge in [0.25, 0.3) is 0 Å². The van der Waals surface area contributed by atoms with E-state index in [9.17, 15) is 15.0 Å². The Labute approximate surface area is 262 Å². The molecule has 0 saturated heterocycles. The standard InChI is InChI=1S/C37H31O4P.BrH/c38-33-24-23-32-34(39)26-35(41-37(32)36(33)40)28-21-19-27(20-22-28)12-10-11-25-42(29-13-4-1-5-14-29,30-15-6-2-7-16-30)31-17-8-3-9-18-31;/h1-9,13-24,26H,10-12,25H2,(H-,38,39,40);1H. The summed E-state index contributed by atoms with van der Waals surface area (Å²) in [4.78, 5) is 12.6. The molecule has 1 heterocycles. The molecular formula is C37H32BrO4P. The van der Waals surface area contributed by atoms with Gasteiger partial charge in [-0.3, -0.25) is 4.79 Å². The van der Waals surface area contributed by atoms with E-state index >= 15 is 0 Å². The number of phenolic OH excluding ortho intramolecular Hbond substituents is 2. The molecule has 1 aromatic heterocycles. The molecule has 6 rings (SSSR count). The number of halogens is 1. The van der Waals surface area contributed by atoms with Crippen molar-refractivity contribution in [2.45, 2.75) is 19.3 Å². The van der Waals surface area contributed by atoms with E-state index in [2.05, 4.69) is 103 Å². The Morgan fingerprint density at radius 1 is 0.628 bits per heavy atom. The summed E-state index contributed by atoms with van der Waals surface area (Å²) in [5.74, 6) is -0.400. The summed E-state index contributed by atoms with van der Waals surface area (Å²) in [5, 5.41) is 24.5. The lowest BCUT2D eigenvalue weighted by molar-refractivity contribution is -0.0000103. The van der Waals surface area contributed by atoms with Crippen LogP contribution >= 0.6 is 7.26 Å². The van der Waals surface area contributed by atoms with Crippen LogP contribution in [0.1, 0.15) is 18.4 Å². The Morgan fingerprint density at radius 3 is 1.70 bits per heavy atom. The van der Waals surface area contributed by atoms with Crippen LogP contribution in [0, 0.1) is 0 Å². The van der Waals surface area contributed by atoms with Gasteiger partial charge in [-0.05, 0) is 73.4 Å². The zero-order valence-electron chi connectivity index (χ0n) is 23.6. The van der Waals surface area contributed by atoms with E-state index < -0.39 is 13.0 Å². The Hall–Kier alpha value is -4.18. The van der Waals surface area contributed by atoms with Crippen LogP contribution in [0.4, 0.5) is 0 Å². The highest BCUT2D eigenvalue weighted by Crippen LogP contribution is 2.56. The number of aromatic hydroxyl groups is 2. The highest BCUT2D eigenvalue weighted by atomic mass is 79.9. The quantitative estimate of drug-likeness (QED) is 0.140. The summed E-state index contributed by atoms with van der Waals surface area (Å²) in [5.41, 5.74) is 1.67. The van der Waals surface area contributed by atoms with Crippen LogP contribution in [-0.2, 0) is 6.42 Å². The smallest absolute Gasteiger partial charge is 0.201 e. The van der Waals surface area contributed by atoms with E-state index in [1.165, 1.54) is 39.7 Å². The number of rotatable bonds is 9. The van der Waals surface area contributed by atoms with Crippen LogP contribution in [0.2, 0.25) is 0 Å². The molecule has 6 aromatic rings. The molecule has 0 atom stereocenters. The molecule has 0 aliphatic heterocycles. The molecule has 2 N–H and O–H groups in total. The van der Waals surface area contributed by atoms with Crippen LogP contribution < -0.4 is 38.3 Å². The van der Waals surface area contributed by atoms with Gasteiger partial charge < -0.3 is 31.6 Å². The van der Waals surface area contributed by atoms with Crippen molar-refractivity contribution >= 4 is 34.1 Å². The zero-order valence-corrected chi connectivity index (χ0v) is 26.0. The summed E-state index contributed by atoms with van der Waals surface area (Å²) in [6, 6.07) is 45.1. The zero-order chi connectivity index (χ0) is 28.9. The second kappa shape index (κ2) is 13.4. The number of benzene rings is 5. The van der Waals surface area contributed by atoms with Crippen molar-refractivity contribution in [1.29, 1.82) is 0 Å². The van der Waals surface area contributed by atoms with Gasteiger partial charge in [0.05, 0.1) is 11.5 Å². The van der Waals surface area contributed by atoms with Crippen molar-refractivity contribution in [3.05, 3.63) is 149 Å². The molecular weight excluding hydrogens is 619 g/mol. The molecule has 5 aromatic carbocycles. The second-order valence-electron chi connectivity index (χ2n) is 10.5. The molecule has 0 spiro atoms. The van der Waals surface area contributed by atoms with E-state index in [4.69, 9.17) is 4.42 Å². The largest absolute Gasteiger partial charge is 1.00 e. The Morgan fingerprint density at radius 2 is 1.16 bits per heavy atom. The van der Waals surface area contributed by atoms with Crippen molar-refractivity contribution in [3.63, 3.8) is 0 Å². The highest BCUT2D eigenvalue weighted by molar-refractivity contribution is 7.95. The lowest BCUT2D eigenvalue weighted by Crippen LogP contribution is -3.00. The maximum Gasteiger partial charge on any atom is 0.201 e. The normalized spacial score (nSPS) is 11.3. The number of fused-ring (bicyclic) bond motifs is 1. The van der Waals surface area contributed by atoms with Gasteiger partial charge in [-0.2, -0.15) is 0 Å². The first-order valence-corrected chi connectivity index (χ1v) is 16.2. The monoisotopic (exact) mass is 650 g/mol. The van der Waals surface area contributed by atoms with Gasteiger partial charge in [0.1, 0.15) is 28.9 Å². The lowest BCUT2D eigenvalue weighted by atomic mass is 10.0. The fourth-order valence-electron chi connectivity index (χ4n) is 5.73. The molecule has 0 saturated carbocycles.